The standard InChI is InChI=1S/C24H22N2O5S2/c1-3-25(4-2)17-10-9-16-11-18(23(30)31-19(16)12-17)14-5-7-15(8-6-14)21-22(29)26(13-20(27)28)24(32)33-21/h5-12,21H,3-4,13H2,1-2H3,(H,27,28). The lowest BCUT2D eigenvalue weighted by molar-refractivity contribution is -0.141. The largest absolute Gasteiger partial charge is 0.480 e. The molecule has 1 atom stereocenters. The first-order chi connectivity index (χ1) is 15.8. The van der Waals surface area contributed by atoms with Crippen LogP contribution in [0.3, 0.4) is 0 Å². The van der Waals surface area contributed by atoms with E-state index in [0.717, 1.165) is 40.8 Å². The highest BCUT2D eigenvalue weighted by Crippen LogP contribution is 2.40. The van der Waals surface area contributed by atoms with Gasteiger partial charge < -0.3 is 14.4 Å². The van der Waals surface area contributed by atoms with Crippen LogP contribution in [0, 0.1) is 0 Å². The SMILES string of the molecule is CCN(CC)c1ccc2cc(-c3ccc(C4SC(=S)N(CC(=O)O)C4=O)cc3)c(=O)oc2c1. The Hall–Kier alpha value is -3.17. The molecular weight excluding hydrogens is 460 g/mol. The molecule has 33 heavy (non-hydrogen) atoms. The molecule has 7 nitrogen and oxygen atoms in total. The molecule has 2 aromatic carbocycles. The van der Waals surface area contributed by atoms with Crippen molar-refractivity contribution in [3.63, 3.8) is 0 Å². The van der Waals surface area contributed by atoms with E-state index in [1.54, 1.807) is 30.3 Å². The average Bonchev–Trinajstić information content (AvgIpc) is 3.07. The molecule has 1 aromatic heterocycles. The Morgan fingerprint density at radius 2 is 1.82 bits per heavy atom. The van der Waals surface area contributed by atoms with Crippen LogP contribution in [0.4, 0.5) is 5.69 Å². The third-order valence-electron chi connectivity index (χ3n) is 5.60. The van der Waals surface area contributed by atoms with E-state index < -0.39 is 23.4 Å². The van der Waals surface area contributed by atoms with E-state index in [9.17, 15) is 14.4 Å². The lowest BCUT2D eigenvalue weighted by atomic mass is 10.0. The fourth-order valence-corrected chi connectivity index (χ4v) is 5.31. The van der Waals surface area contributed by atoms with Gasteiger partial charge in [0.1, 0.15) is 21.7 Å². The Balaban J connectivity index is 1.62. The molecule has 1 N–H and O–H groups in total. The molecule has 1 fully saturated rings. The zero-order chi connectivity index (χ0) is 23.7. The second-order valence-electron chi connectivity index (χ2n) is 7.55. The van der Waals surface area contributed by atoms with Crippen LogP contribution >= 0.6 is 24.0 Å². The number of fused-ring (bicyclic) bond motifs is 1. The Morgan fingerprint density at radius 1 is 1.12 bits per heavy atom. The second kappa shape index (κ2) is 9.36. The number of carboxylic acids is 1. The van der Waals surface area contributed by atoms with Gasteiger partial charge in [0.15, 0.2) is 0 Å². The number of amides is 1. The maximum absolute atomic E-state index is 12.7. The van der Waals surface area contributed by atoms with Crippen molar-refractivity contribution < 1.29 is 19.1 Å². The Kier molecular flexibility index (Phi) is 6.53. The molecule has 170 valence electrons. The molecule has 3 aromatic rings. The summed E-state index contributed by atoms with van der Waals surface area (Å²) in [5, 5.41) is 9.21. The van der Waals surface area contributed by atoms with Crippen LogP contribution in [-0.2, 0) is 9.59 Å². The second-order valence-corrected chi connectivity index (χ2v) is 9.28. The quantitative estimate of drug-likeness (QED) is 0.394. The fourth-order valence-electron chi connectivity index (χ4n) is 3.86. The van der Waals surface area contributed by atoms with E-state index in [-0.39, 0.29) is 10.2 Å². The maximum Gasteiger partial charge on any atom is 0.344 e. The van der Waals surface area contributed by atoms with Gasteiger partial charge in [0.25, 0.3) is 0 Å². The summed E-state index contributed by atoms with van der Waals surface area (Å²) in [7, 11) is 0. The Bertz CT molecular complexity index is 1300. The molecule has 1 unspecified atom stereocenters. The highest BCUT2D eigenvalue weighted by molar-refractivity contribution is 8.24. The van der Waals surface area contributed by atoms with E-state index in [0.29, 0.717) is 22.3 Å². The van der Waals surface area contributed by atoms with Crippen molar-refractivity contribution in [3.05, 3.63) is 64.5 Å². The number of hydrogen-bond donors (Lipinski definition) is 1. The molecule has 1 saturated heterocycles. The molecule has 0 saturated carbocycles. The summed E-state index contributed by atoms with van der Waals surface area (Å²) in [6.45, 7) is 5.42. The summed E-state index contributed by atoms with van der Waals surface area (Å²) in [5.41, 5.74) is 2.89. The van der Waals surface area contributed by atoms with E-state index >= 15 is 0 Å². The monoisotopic (exact) mass is 482 g/mol. The average molecular weight is 483 g/mol. The van der Waals surface area contributed by atoms with Crippen LogP contribution in [-0.4, -0.2) is 45.8 Å². The summed E-state index contributed by atoms with van der Waals surface area (Å²) < 4.78 is 5.87. The van der Waals surface area contributed by atoms with Crippen molar-refractivity contribution in [1.82, 2.24) is 4.90 Å². The van der Waals surface area contributed by atoms with Crippen molar-refractivity contribution in [2.45, 2.75) is 19.1 Å². The summed E-state index contributed by atoms with van der Waals surface area (Å²) in [6.07, 6.45) is 0. The molecule has 0 radical (unpaired) electrons. The van der Waals surface area contributed by atoms with Crippen LogP contribution in [0.25, 0.3) is 22.1 Å². The topological polar surface area (TPSA) is 91.1 Å². The first-order valence-electron chi connectivity index (χ1n) is 10.5. The van der Waals surface area contributed by atoms with Gasteiger partial charge in [-0.15, -0.1) is 0 Å². The van der Waals surface area contributed by atoms with Crippen LogP contribution in [0.2, 0.25) is 0 Å². The van der Waals surface area contributed by atoms with Gasteiger partial charge in [-0.3, -0.25) is 14.5 Å². The highest BCUT2D eigenvalue weighted by atomic mass is 32.2. The lowest BCUT2D eigenvalue weighted by Crippen LogP contribution is -2.34. The number of anilines is 1. The minimum Gasteiger partial charge on any atom is -0.480 e. The van der Waals surface area contributed by atoms with Gasteiger partial charge in [-0.1, -0.05) is 48.2 Å². The number of rotatable bonds is 7. The Morgan fingerprint density at radius 3 is 2.45 bits per heavy atom. The maximum atomic E-state index is 12.7. The third-order valence-corrected chi connectivity index (χ3v) is 7.24. The molecule has 0 bridgehead atoms. The van der Waals surface area contributed by atoms with Crippen LogP contribution in [0.15, 0.2) is 57.7 Å². The molecule has 2 heterocycles. The summed E-state index contributed by atoms with van der Waals surface area (Å²) in [6, 6.07) is 14.7. The number of hydrogen-bond acceptors (Lipinski definition) is 7. The highest BCUT2D eigenvalue weighted by Gasteiger charge is 2.38. The summed E-state index contributed by atoms with van der Waals surface area (Å²) >= 11 is 6.32. The zero-order valence-electron chi connectivity index (χ0n) is 18.1. The van der Waals surface area contributed by atoms with E-state index in [4.69, 9.17) is 21.7 Å². The Labute approximate surface area is 200 Å². The fraction of sp³-hybridized carbons (Fsp3) is 0.250. The number of carboxylic acid groups (broad SMARTS) is 1. The van der Waals surface area contributed by atoms with Gasteiger partial charge in [-0.25, -0.2) is 4.79 Å². The van der Waals surface area contributed by atoms with Crippen molar-refractivity contribution in [2.75, 3.05) is 24.5 Å². The predicted octanol–water partition coefficient (Wildman–Crippen LogP) is 4.29. The van der Waals surface area contributed by atoms with Crippen molar-refractivity contribution in [2.24, 2.45) is 0 Å². The molecule has 1 aliphatic rings. The number of nitrogens with zero attached hydrogens (tertiary/aromatic N) is 2. The van der Waals surface area contributed by atoms with Crippen LogP contribution < -0.4 is 10.5 Å². The first-order valence-corrected chi connectivity index (χ1v) is 11.8. The molecule has 0 aliphatic carbocycles. The van der Waals surface area contributed by atoms with E-state index in [1.165, 1.54) is 0 Å². The van der Waals surface area contributed by atoms with E-state index in [2.05, 4.69) is 18.7 Å². The van der Waals surface area contributed by atoms with Gasteiger partial charge in [0.05, 0.1) is 5.56 Å². The van der Waals surface area contributed by atoms with Gasteiger partial charge in [0, 0.05) is 30.2 Å². The van der Waals surface area contributed by atoms with Gasteiger partial charge in [-0.05, 0) is 43.2 Å². The number of carbonyl (C=O) groups excluding carboxylic acids is 1. The number of benzene rings is 2. The zero-order valence-corrected chi connectivity index (χ0v) is 19.7. The number of thioether (sulfide) groups is 1. The summed E-state index contributed by atoms with van der Waals surface area (Å²) in [5.74, 6) is -1.47. The minimum atomic E-state index is -1.12. The van der Waals surface area contributed by atoms with Gasteiger partial charge in [0.2, 0.25) is 5.91 Å². The van der Waals surface area contributed by atoms with Crippen molar-refractivity contribution in [1.29, 1.82) is 0 Å². The number of aliphatic carboxylic acids is 1. The normalized spacial score (nSPS) is 15.9. The van der Waals surface area contributed by atoms with Crippen LogP contribution in [0.5, 0.6) is 0 Å². The molecule has 0 spiro atoms. The van der Waals surface area contributed by atoms with Crippen LogP contribution in [0.1, 0.15) is 24.7 Å². The molecule has 9 heteroatoms. The minimum absolute atomic E-state index is 0.246. The molecule has 1 amide bonds. The first kappa shape index (κ1) is 23.0. The molecule has 1 aliphatic heterocycles. The van der Waals surface area contributed by atoms with Gasteiger partial charge in [-0.2, -0.15) is 0 Å². The number of carbonyl (C=O) groups is 2. The molecular formula is C24H22N2O5S2. The lowest BCUT2D eigenvalue weighted by Gasteiger charge is -2.21. The van der Waals surface area contributed by atoms with Gasteiger partial charge >= 0.3 is 11.6 Å². The van der Waals surface area contributed by atoms with Crippen molar-refractivity contribution in [3.8, 4) is 11.1 Å². The third kappa shape index (κ3) is 4.51. The number of thiocarbonyl (C=S) groups is 1. The van der Waals surface area contributed by atoms with E-state index in [1.807, 2.05) is 18.2 Å². The predicted molar refractivity (Wildman–Crippen MR) is 134 cm³/mol. The summed E-state index contributed by atoms with van der Waals surface area (Å²) in [4.78, 5) is 39.6. The van der Waals surface area contributed by atoms with Crippen molar-refractivity contribution >= 4 is 56.8 Å². The smallest absolute Gasteiger partial charge is 0.344 e. The molecule has 4 rings (SSSR count).